The van der Waals surface area contributed by atoms with Gasteiger partial charge in [-0.15, -0.1) is 0 Å². The van der Waals surface area contributed by atoms with E-state index in [1.807, 2.05) is 25.1 Å². The number of hydrogen-bond acceptors (Lipinski definition) is 3. The zero-order chi connectivity index (χ0) is 15.4. The average molecular weight is 290 g/mol. The van der Waals surface area contributed by atoms with Crippen molar-refractivity contribution in [1.29, 1.82) is 0 Å². The molecule has 0 atom stereocenters. The van der Waals surface area contributed by atoms with Crippen LogP contribution in [0.4, 0.5) is 5.69 Å². The summed E-state index contributed by atoms with van der Waals surface area (Å²) < 4.78 is 5.39. The predicted octanol–water partition coefficient (Wildman–Crippen LogP) is 1.88. The summed E-state index contributed by atoms with van der Waals surface area (Å²) in [6, 6.07) is 5.63. The Morgan fingerprint density at radius 2 is 2.19 bits per heavy atom. The predicted molar refractivity (Wildman–Crippen MR) is 81.5 cm³/mol. The first-order valence-electron chi connectivity index (χ1n) is 7.28. The first kappa shape index (κ1) is 15.4. The number of anilines is 1. The van der Waals surface area contributed by atoms with Gasteiger partial charge < -0.3 is 10.1 Å². The lowest BCUT2D eigenvalue weighted by atomic mass is 10.1. The highest BCUT2D eigenvalue weighted by molar-refractivity contribution is 6.02. The number of rotatable bonds is 5. The minimum absolute atomic E-state index is 0.0185. The maximum Gasteiger partial charge on any atom is 0.265 e. The maximum atomic E-state index is 12.0. The van der Waals surface area contributed by atoms with Crippen LogP contribution in [-0.2, 0) is 9.59 Å². The molecule has 0 fully saturated rings. The van der Waals surface area contributed by atoms with Gasteiger partial charge >= 0.3 is 0 Å². The molecule has 2 amide bonds. The van der Waals surface area contributed by atoms with E-state index in [4.69, 9.17) is 4.74 Å². The van der Waals surface area contributed by atoms with E-state index in [1.54, 1.807) is 0 Å². The van der Waals surface area contributed by atoms with E-state index >= 15 is 0 Å². The molecule has 114 valence electrons. The van der Waals surface area contributed by atoms with Crippen molar-refractivity contribution in [2.75, 3.05) is 24.6 Å². The minimum atomic E-state index is -0.188. The van der Waals surface area contributed by atoms with E-state index in [0.29, 0.717) is 23.9 Å². The summed E-state index contributed by atoms with van der Waals surface area (Å²) in [5, 5.41) is 2.85. The second-order valence-electron chi connectivity index (χ2n) is 5.77. The smallest absolute Gasteiger partial charge is 0.265 e. The van der Waals surface area contributed by atoms with Crippen molar-refractivity contribution in [3.63, 3.8) is 0 Å². The topological polar surface area (TPSA) is 58.6 Å². The van der Waals surface area contributed by atoms with E-state index < -0.39 is 0 Å². The molecule has 1 aliphatic rings. The van der Waals surface area contributed by atoms with Gasteiger partial charge in [0.05, 0.1) is 5.69 Å². The Morgan fingerprint density at radius 3 is 2.90 bits per heavy atom. The average Bonchev–Trinajstić information content (AvgIpc) is 2.42. The molecule has 0 spiro atoms. The summed E-state index contributed by atoms with van der Waals surface area (Å²) >= 11 is 0. The molecule has 0 unspecified atom stereocenters. The van der Waals surface area contributed by atoms with Crippen LogP contribution in [0.25, 0.3) is 0 Å². The fraction of sp³-hybridized carbons (Fsp3) is 0.500. The molecular weight excluding hydrogens is 268 g/mol. The molecule has 0 aromatic heterocycles. The van der Waals surface area contributed by atoms with Gasteiger partial charge in [-0.05, 0) is 37.0 Å². The van der Waals surface area contributed by atoms with Crippen molar-refractivity contribution >= 4 is 17.5 Å². The molecule has 1 aromatic carbocycles. The van der Waals surface area contributed by atoms with Crippen LogP contribution in [0, 0.1) is 12.8 Å². The fourth-order valence-electron chi connectivity index (χ4n) is 2.19. The maximum absolute atomic E-state index is 12.0. The van der Waals surface area contributed by atoms with Gasteiger partial charge in [0.2, 0.25) is 5.91 Å². The van der Waals surface area contributed by atoms with E-state index in [9.17, 15) is 9.59 Å². The first-order chi connectivity index (χ1) is 9.97. The molecule has 1 aliphatic heterocycles. The van der Waals surface area contributed by atoms with Crippen molar-refractivity contribution in [2.45, 2.75) is 27.2 Å². The third-order valence-electron chi connectivity index (χ3n) is 3.40. The third kappa shape index (κ3) is 3.97. The first-order valence-corrected chi connectivity index (χ1v) is 7.28. The van der Waals surface area contributed by atoms with Crippen LogP contribution in [0.5, 0.6) is 5.75 Å². The van der Waals surface area contributed by atoms with E-state index in [2.05, 4.69) is 19.2 Å². The lowest BCUT2D eigenvalue weighted by Crippen LogP contribution is -2.45. The SMILES string of the molecule is Cc1ccc2c(c1)N(CC(=O)NCCC(C)C)C(=O)CO2. The molecule has 0 bridgehead atoms. The molecule has 1 N–H and O–H groups in total. The Hall–Kier alpha value is -2.04. The number of aryl methyl sites for hydroxylation is 1. The largest absolute Gasteiger partial charge is 0.482 e. The zero-order valence-corrected chi connectivity index (χ0v) is 12.8. The van der Waals surface area contributed by atoms with Crippen molar-refractivity contribution in [3.05, 3.63) is 23.8 Å². The van der Waals surface area contributed by atoms with Crippen molar-refractivity contribution in [3.8, 4) is 5.75 Å². The Balaban J connectivity index is 2.04. The zero-order valence-electron chi connectivity index (χ0n) is 12.8. The molecule has 1 heterocycles. The van der Waals surface area contributed by atoms with Crippen LogP contribution < -0.4 is 15.0 Å². The normalized spacial score (nSPS) is 13.9. The number of nitrogens with one attached hydrogen (secondary N) is 1. The monoisotopic (exact) mass is 290 g/mol. The molecular formula is C16H22N2O3. The molecule has 2 rings (SSSR count). The van der Waals surface area contributed by atoms with Crippen molar-refractivity contribution < 1.29 is 14.3 Å². The standard InChI is InChI=1S/C16H22N2O3/c1-11(2)6-7-17-15(19)9-18-13-8-12(3)4-5-14(13)21-10-16(18)20/h4-5,8,11H,6-7,9-10H2,1-3H3,(H,17,19). The lowest BCUT2D eigenvalue weighted by molar-refractivity contribution is -0.125. The molecule has 5 heteroatoms. The molecule has 0 saturated heterocycles. The Labute approximate surface area is 125 Å². The number of nitrogens with zero attached hydrogens (tertiary/aromatic N) is 1. The van der Waals surface area contributed by atoms with Crippen LogP contribution >= 0.6 is 0 Å². The molecule has 1 aromatic rings. The molecule has 0 radical (unpaired) electrons. The van der Waals surface area contributed by atoms with Crippen LogP contribution in [0.1, 0.15) is 25.8 Å². The van der Waals surface area contributed by atoms with Crippen LogP contribution in [0.3, 0.4) is 0 Å². The van der Waals surface area contributed by atoms with Gasteiger partial charge in [-0.3, -0.25) is 14.5 Å². The quantitative estimate of drug-likeness (QED) is 0.901. The summed E-state index contributed by atoms with van der Waals surface area (Å²) in [4.78, 5) is 25.5. The highest BCUT2D eigenvalue weighted by Crippen LogP contribution is 2.32. The number of hydrogen-bond donors (Lipinski definition) is 1. The highest BCUT2D eigenvalue weighted by Gasteiger charge is 2.27. The summed E-state index contributed by atoms with van der Waals surface area (Å²) in [6.45, 7) is 6.81. The van der Waals surface area contributed by atoms with E-state index in [0.717, 1.165) is 12.0 Å². The fourth-order valence-corrected chi connectivity index (χ4v) is 2.19. The van der Waals surface area contributed by atoms with Gasteiger partial charge in [-0.25, -0.2) is 0 Å². The van der Waals surface area contributed by atoms with Gasteiger partial charge in [0, 0.05) is 6.54 Å². The molecule has 21 heavy (non-hydrogen) atoms. The molecule has 0 aliphatic carbocycles. The highest BCUT2D eigenvalue weighted by atomic mass is 16.5. The van der Waals surface area contributed by atoms with E-state index in [-0.39, 0.29) is 25.0 Å². The summed E-state index contributed by atoms with van der Waals surface area (Å²) in [6.07, 6.45) is 0.929. The van der Waals surface area contributed by atoms with Crippen LogP contribution in [0.15, 0.2) is 18.2 Å². The third-order valence-corrected chi connectivity index (χ3v) is 3.40. The Bertz CT molecular complexity index is 540. The number of amides is 2. The number of fused-ring (bicyclic) bond motifs is 1. The van der Waals surface area contributed by atoms with Gasteiger partial charge in [0.15, 0.2) is 6.61 Å². The second-order valence-corrected chi connectivity index (χ2v) is 5.77. The van der Waals surface area contributed by atoms with Gasteiger partial charge in [-0.1, -0.05) is 19.9 Å². The van der Waals surface area contributed by atoms with Crippen molar-refractivity contribution in [1.82, 2.24) is 5.32 Å². The van der Waals surface area contributed by atoms with Crippen molar-refractivity contribution in [2.24, 2.45) is 5.92 Å². The molecule has 5 nitrogen and oxygen atoms in total. The minimum Gasteiger partial charge on any atom is -0.482 e. The lowest BCUT2D eigenvalue weighted by Gasteiger charge is -2.29. The van der Waals surface area contributed by atoms with Gasteiger partial charge in [0.1, 0.15) is 12.3 Å². The summed E-state index contributed by atoms with van der Waals surface area (Å²) in [5.41, 5.74) is 1.70. The summed E-state index contributed by atoms with van der Waals surface area (Å²) in [7, 11) is 0. The van der Waals surface area contributed by atoms with Gasteiger partial charge in [-0.2, -0.15) is 0 Å². The van der Waals surface area contributed by atoms with Crippen LogP contribution in [-0.4, -0.2) is 31.5 Å². The Kier molecular flexibility index (Phi) is 4.83. The number of ether oxygens (including phenoxy) is 1. The summed E-state index contributed by atoms with van der Waals surface area (Å²) in [5.74, 6) is 0.861. The Morgan fingerprint density at radius 1 is 1.43 bits per heavy atom. The van der Waals surface area contributed by atoms with E-state index in [1.165, 1.54) is 4.90 Å². The molecule has 0 saturated carbocycles. The van der Waals surface area contributed by atoms with Gasteiger partial charge in [0.25, 0.3) is 5.91 Å². The number of carbonyl (C=O) groups is 2. The number of benzene rings is 1. The van der Waals surface area contributed by atoms with Crippen LogP contribution in [0.2, 0.25) is 0 Å². The second kappa shape index (κ2) is 6.61. The number of carbonyl (C=O) groups excluding carboxylic acids is 2.